The zero-order valence-electron chi connectivity index (χ0n) is 12.8. The van der Waals surface area contributed by atoms with Crippen molar-refractivity contribution in [2.75, 3.05) is 6.54 Å². The summed E-state index contributed by atoms with van der Waals surface area (Å²) in [5.41, 5.74) is -1.54. The van der Waals surface area contributed by atoms with Gasteiger partial charge in [0, 0.05) is 18.3 Å². The third-order valence-corrected chi connectivity index (χ3v) is 8.00. The molecule has 0 atom stereocenters. The SMILES string of the molecule is CC(=O)NCc1ccc(S(=O)(=O)N2CC3(C)CC2(C(=O)O)C3)s1. The van der Waals surface area contributed by atoms with E-state index in [0.29, 0.717) is 17.7 Å². The highest BCUT2D eigenvalue weighted by Crippen LogP contribution is 2.60. The van der Waals surface area contributed by atoms with Gasteiger partial charge in [-0.05, 0) is 30.4 Å². The zero-order valence-corrected chi connectivity index (χ0v) is 14.5. The molecule has 7 nitrogen and oxygen atoms in total. The maximum Gasteiger partial charge on any atom is 0.325 e. The lowest BCUT2D eigenvalue weighted by atomic mass is 9.63. The van der Waals surface area contributed by atoms with E-state index in [2.05, 4.69) is 5.32 Å². The summed E-state index contributed by atoms with van der Waals surface area (Å²) in [7, 11) is -3.85. The van der Waals surface area contributed by atoms with Gasteiger partial charge >= 0.3 is 5.97 Å². The van der Waals surface area contributed by atoms with Gasteiger partial charge in [-0.3, -0.25) is 9.59 Å². The van der Waals surface area contributed by atoms with Gasteiger partial charge in [0.2, 0.25) is 5.91 Å². The number of nitrogens with one attached hydrogen (secondary N) is 1. The summed E-state index contributed by atoms with van der Waals surface area (Å²) in [6, 6.07) is 3.12. The maximum atomic E-state index is 12.9. The molecule has 126 valence electrons. The number of hydrogen-bond donors (Lipinski definition) is 2. The smallest absolute Gasteiger partial charge is 0.325 e. The number of thiophene rings is 1. The number of nitrogens with zero attached hydrogens (tertiary/aromatic N) is 1. The predicted octanol–water partition coefficient (Wildman–Crippen LogP) is 1.01. The topological polar surface area (TPSA) is 104 Å². The van der Waals surface area contributed by atoms with Crippen LogP contribution in [0.15, 0.2) is 16.3 Å². The summed E-state index contributed by atoms with van der Waals surface area (Å²) in [5, 5.41) is 12.1. The van der Waals surface area contributed by atoms with Crippen molar-refractivity contribution in [2.24, 2.45) is 5.41 Å². The van der Waals surface area contributed by atoms with Gasteiger partial charge < -0.3 is 10.4 Å². The van der Waals surface area contributed by atoms with Crippen molar-refractivity contribution in [3.05, 3.63) is 17.0 Å². The fraction of sp³-hybridized carbons (Fsp3) is 0.571. The van der Waals surface area contributed by atoms with Crippen LogP contribution in [-0.2, 0) is 26.2 Å². The summed E-state index contributed by atoms with van der Waals surface area (Å²) in [6.45, 7) is 3.80. The van der Waals surface area contributed by atoms with E-state index in [9.17, 15) is 23.1 Å². The van der Waals surface area contributed by atoms with Crippen LogP contribution in [0.2, 0.25) is 0 Å². The number of carbonyl (C=O) groups is 2. The Labute approximate surface area is 138 Å². The first-order valence-electron chi connectivity index (χ1n) is 7.19. The van der Waals surface area contributed by atoms with Crippen LogP contribution in [-0.4, -0.2) is 41.8 Å². The van der Waals surface area contributed by atoms with Crippen LogP contribution in [0.4, 0.5) is 0 Å². The monoisotopic (exact) mass is 358 g/mol. The highest BCUT2D eigenvalue weighted by Gasteiger charge is 2.70. The van der Waals surface area contributed by atoms with Crippen molar-refractivity contribution in [2.45, 2.75) is 43.0 Å². The maximum absolute atomic E-state index is 12.9. The van der Waals surface area contributed by atoms with Gasteiger partial charge in [-0.2, -0.15) is 4.31 Å². The Balaban J connectivity index is 1.88. The molecular weight excluding hydrogens is 340 g/mol. The molecule has 1 aromatic rings. The third-order valence-electron chi connectivity index (χ3n) is 4.53. The van der Waals surface area contributed by atoms with Gasteiger partial charge in [0.25, 0.3) is 10.0 Å². The first-order valence-corrected chi connectivity index (χ1v) is 9.44. The molecule has 3 aliphatic rings. The second-order valence-corrected chi connectivity index (χ2v) is 9.90. The average molecular weight is 358 g/mol. The molecule has 1 saturated carbocycles. The quantitative estimate of drug-likeness (QED) is 0.818. The minimum absolute atomic E-state index is 0.120. The number of amides is 1. The molecule has 4 rings (SSSR count). The molecule has 1 aromatic heterocycles. The minimum Gasteiger partial charge on any atom is -0.480 e. The lowest BCUT2D eigenvalue weighted by Crippen LogP contribution is -2.56. The number of fused-ring (bicyclic) bond motifs is 1. The molecule has 0 unspecified atom stereocenters. The molecule has 3 fully saturated rings. The second kappa shape index (κ2) is 5.02. The minimum atomic E-state index is -3.85. The highest BCUT2D eigenvalue weighted by molar-refractivity contribution is 7.91. The molecule has 23 heavy (non-hydrogen) atoms. The third kappa shape index (κ3) is 2.47. The van der Waals surface area contributed by atoms with Crippen molar-refractivity contribution in [1.82, 2.24) is 9.62 Å². The first kappa shape index (κ1) is 16.4. The Morgan fingerprint density at radius 3 is 2.61 bits per heavy atom. The molecule has 2 N–H and O–H groups in total. The fourth-order valence-corrected chi connectivity index (χ4v) is 6.92. The van der Waals surface area contributed by atoms with Crippen molar-refractivity contribution < 1.29 is 23.1 Å². The summed E-state index contributed by atoms with van der Waals surface area (Å²) in [4.78, 5) is 23.3. The summed E-state index contributed by atoms with van der Waals surface area (Å²) >= 11 is 1.06. The number of carboxylic acids is 1. The van der Waals surface area contributed by atoms with E-state index in [1.54, 1.807) is 6.07 Å². The number of carboxylic acid groups (broad SMARTS) is 1. The van der Waals surface area contributed by atoms with Crippen LogP contribution in [0.25, 0.3) is 0 Å². The molecule has 2 bridgehead atoms. The van der Waals surface area contributed by atoms with Crippen molar-refractivity contribution in [3.8, 4) is 0 Å². The van der Waals surface area contributed by atoms with E-state index in [1.165, 1.54) is 13.0 Å². The molecule has 0 aromatic carbocycles. The van der Waals surface area contributed by atoms with Crippen LogP contribution in [0.1, 0.15) is 31.6 Å². The van der Waals surface area contributed by atoms with E-state index in [-0.39, 0.29) is 28.6 Å². The number of aliphatic carboxylic acids is 1. The molecular formula is C14H18N2O5S2. The Hall–Kier alpha value is -1.45. The molecule has 0 radical (unpaired) electrons. The van der Waals surface area contributed by atoms with E-state index < -0.39 is 21.5 Å². The van der Waals surface area contributed by atoms with Crippen molar-refractivity contribution in [1.29, 1.82) is 0 Å². The molecule has 2 aliphatic heterocycles. The van der Waals surface area contributed by atoms with Crippen LogP contribution in [0.5, 0.6) is 0 Å². The average Bonchev–Trinajstić information content (AvgIpc) is 3.06. The normalized spacial score (nSPS) is 30.0. The van der Waals surface area contributed by atoms with Crippen molar-refractivity contribution in [3.63, 3.8) is 0 Å². The van der Waals surface area contributed by atoms with Gasteiger partial charge in [-0.1, -0.05) is 6.92 Å². The van der Waals surface area contributed by atoms with Crippen molar-refractivity contribution >= 4 is 33.2 Å². The van der Waals surface area contributed by atoms with E-state index in [4.69, 9.17) is 0 Å². The largest absolute Gasteiger partial charge is 0.480 e. The van der Waals surface area contributed by atoms with Gasteiger partial charge in [-0.15, -0.1) is 11.3 Å². The summed E-state index contributed by atoms with van der Waals surface area (Å²) < 4.78 is 27.0. The van der Waals surface area contributed by atoms with Crippen LogP contribution in [0.3, 0.4) is 0 Å². The zero-order chi connectivity index (χ0) is 17.0. The summed E-state index contributed by atoms with van der Waals surface area (Å²) in [5.74, 6) is -1.27. The second-order valence-electron chi connectivity index (χ2n) is 6.64. The van der Waals surface area contributed by atoms with E-state index >= 15 is 0 Å². The van der Waals surface area contributed by atoms with Crippen LogP contribution >= 0.6 is 11.3 Å². The highest BCUT2D eigenvalue weighted by atomic mass is 32.2. The lowest BCUT2D eigenvalue weighted by Gasteiger charge is -2.42. The lowest BCUT2D eigenvalue weighted by molar-refractivity contribution is -0.151. The molecule has 2 saturated heterocycles. The fourth-order valence-electron chi connectivity index (χ4n) is 3.63. The Kier molecular flexibility index (Phi) is 3.58. The Bertz CT molecular complexity index is 777. The number of carbonyl (C=O) groups excluding carboxylic acids is 1. The summed E-state index contributed by atoms with van der Waals surface area (Å²) in [6.07, 6.45) is 0.720. The van der Waals surface area contributed by atoms with Gasteiger partial charge in [0.05, 0.1) is 6.54 Å². The van der Waals surface area contributed by atoms with Gasteiger partial charge in [0.1, 0.15) is 9.75 Å². The van der Waals surface area contributed by atoms with Crippen LogP contribution in [0, 0.1) is 5.41 Å². The first-order chi connectivity index (χ1) is 10.6. The molecule has 0 spiro atoms. The van der Waals surface area contributed by atoms with E-state index in [0.717, 1.165) is 15.6 Å². The Morgan fingerprint density at radius 1 is 1.39 bits per heavy atom. The number of sulfonamides is 1. The number of hydrogen-bond acceptors (Lipinski definition) is 5. The molecule has 3 heterocycles. The molecule has 9 heteroatoms. The van der Waals surface area contributed by atoms with Gasteiger partial charge in [0.15, 0.2) is 0 Å². The Morgan fingerprint density at radius 2 is 2.04 bits per heavy atom. The van der Waals surface area contributed by atoms with Crippen LogP contribution < -0.4 is 5.32 Å². The van der Waals surface area contributed by atoms with Gasteiger partial charge in [-0.25, -0.2) is 8.42 Å². The standard InChI is InChI=1S/C14H18N2O5S2/c1-9(17)15-5-10-3-4-11(22-10)23(20,21)16-8-13(2)6-14(16,7-13)12(18)19/h3-4H,5-8H2,1-2H3,(H,15,17)(H,18,19). The molecule has 1 aliphatic carbocycles. The van der Waals surface area contributed by atoms with E-state index in [1.807, 2.05) is 6.92 Å². The molecule has 1 amide bonds. The predicted molar refractivity (Wildman–Crippen MR) is 83.4 cm³/mol. The number of rotatable bonds is 5.